The van der Waals surface area contributed by atoms with Gasteiger partial charge in [0.2, 0.25) is 0 Å². The molecule has 1 aliphatic heterocycles. The first-order chi connectivity index (χ1) is 9.28. The number of hydrogen-bond donors (Lipinski definition) is 1. The third kappa shape index (κ3) is 2.71. The Morgan fingerprint density at radius 3 is 3.21 bits per heavy atom. The highest BCUT2D eigenvalue weighted by Crippen LogP contribution is 2.29. The number of rotatable bonds is 3. The number of aromatic nitrogens is 1. The lowest BCUT2D eigenvalue weighted by molar-refractivity contribution is -0.0346. The van der Waals surface area contributed by atoms with Gasteiger partial charge in [-0.1, -0.05) is 6.92 Å². The number of fused-ring (bicyclic) bond motifs is 1. The summed E-state index contributed by atoms with van der Waals surface area (Å²) >= 11 is 0. The molecule has 1 aromatic heterocycles. The molecule has 0 radical (unpaired) electrons. The highest BCUT2D eigenvalue weighted by molar-refractivity contribution is 5.28. The van der Waals surface area contributed by atoms with Gasteiger partial charge in [0.1, 0.15) is 0 Å². The lowest BCUT2D eigenvalue weighted by atomic mass is 9.93. The van der Waals surface area contributed by atoms with E-state index >= 15 is 0 Å². The van der Waals surface area contributed by atoms with Crippen molar-refractivity contribution in [3.05, 3.63) is 23.5 Å². The molecule has 19 heavy (non-hydrogen) atoms. The summed E-state index contributed by atoms with van der Waals surface area (Å²) in [6, 6.07) is 2.45. The highest BCUT2D eigenvalue weighted by Gasteiger charge is 2.24. The molecule has 0 bridgehead atoms. The van der Waals surface area contributed by atoms with Crippen molar-refractivity contribution in [2.45, 2.75) is 44.9 Å². The van der Waals surface area contributed by atoms with E-state index in [4.69, 9.17) is 10.5 Å². The molecule has 1 saturated heterocycles. The standard InChI is InChI=1S/C15H25N3O/c1-2-17-8-9-19-12(10-17)11-18-7-6-13-14(16)4-3-5-15(13)18/h6-7,12,14H,2-5,8-11,16H2,1H3. The minimum absolute atomic E-state index is 0.240. The first-order valence-corrected chi connectivity index (χ1v) is 7.55. The van der Waals surface area contributed by atoms with Gasteiger partial charge in [-0.25, -0.2) is 0 Å². The maximum Gasteiger partial charge on any atom is 0.0881 e. The monoisotopic (exact) mass is 263 g/mol. The van der Waals surface area contributed by atoms with Crippen molar-refractivity contribution in [2.75, 3.05) is 26.2 Å². The summed E-state index contributed by atoms with van der Waals surface area (Å²) in [6.45, 7) is 7.30. The van der Waals surface area contributed by atoms with Gasteiger partial charge in [0.05, 0.1) is 12.7 Å². The number of likely N-dealkylation sites (N-methyl/N-ethyl adjacent to an activating group) is 1. The summed E-state index contributed by atoms with van der Waals surface area (Å²) < 4.78 is 8.28. The van der Waals surface area contributed by atoms with Crippen LogP contribution in [0.1, 0.15) is 37.1 Å². The molecule has 4 heteroatoms. The van der Waals surface area contributed by atoms with Crippen LogP contribution in [0.15, 0.2) is 12.3 Å². The largest absolute Gasteiger partial charge is 0.374 e. The Hall–Kier alpha value is -0.840. The summed E-state index contributed by atoms with van der Waals surface area (Å²) in [5, 5.41) is 0. The maximum atomic E-state index is 6.18. The summed E-state index contributed by atoms with van der Waals surface area (Å²) in [6.07, 6.45) is 6.03. The third-order valence-corrected chi connectivity index (χ3v) is 4.51. The van der Waals surface area contributed by atoms with Crippen molar-refractivity contribution in [1.29, 1.82) is 0 Å². The predicted molar refractivity (Wildman–Crippen MR) is 76.2 cm³/mol. The van der Waals surface area contributed by atoms with Crippen LogP contribution in [-0.4, -0.2) is 41.8 Å². The van der Waals surface area contributed by atoms with Crippen LogP contribution in [0.25, 0.3) is 0 Å². The zero-order valence-corrected chi connectivity index (χ0v) is 11.8. The molecule has 2 heterocycles. The van der Waals surface area contributed by atoms with Gasteiger partial charge in [-0.05, 0) is 37.4 Å². The minimum atomic E-state index is 0.240. The molecule has 2 N–H and O–H groups in total. The third-order valence-electron chi connectivity index (χ3n) is 4.51. The Morgan fingerprint density at radius 1 is 1.47 bits per heavy atom. The number of ether oxygens (including phenoxy) is 1. The fourth-order valence-corrected chi connectivity index (χ4v) is 3.36. The number of nitrogens with two attached hydrogens (primary N) is 1. The second-order valence-electron chi connectivity index (χ2n) is 5.75. The zero-order valence-electron chi connectivity index (χ0n) is 11.8. The maximum absolute atomic E-state index is 6.18. The van der Waals surface area contributed by atoms with E-state index in [1.54, 1.807) is 0 Å². The minimum Gasteiger partial charge on any atom is -0.374 e. The number of hydrogen-bond acceptors (Lipinski definition) is 3. The van der Waals surface area contributed by atoms with E-state index in [0.29, 0.717) is 6.10 Å². The molecule has 0 amide bonds. The van der Waals surface area contributed by atoms with E-state index in [2.05, 4.69) is 28.7 Å². The zero-order chi connectivity index (χ0) is 13.2. The smallest absolute Gasteiger partial charge is 0.0881 e. The molecule has 2 atom stereocenters. The van der Waals surface area contributed by atoms with Gasteiger partial charge in [0, 0.05) is 37.6 Å². The average Bonchev–Trinajstić information content (AvgIpc) is 2.84. The predicted octanol–water partition coefficient (Wildman–Crippen LogP) is 1.54. The molecule has 2 aliphatic rings. The fraction of sp³-hybridized carbons (Fsp3) is 0.733. The fourth-order valence-electron chi connectivity index (χ4n) is 3.36. The molecular formula is C15H25N3O. The second kappa shape index (κ2) is 5.65. The van der Waals surface area contributed by atoms with Gasteiger partial charge in [0.15, 0.2) is 0 Å². The summed E-state index contributed by atoms with van der Waals surface area (Å²) in [7, 11) is 0. The van der Waals surface area contributed by atoms with Crippen LogP contribution in [0.4, 0.5) is 0 Å². The van der Waals surface area contributed by atoms with Crippen LogP contribution >= 0.6 is 0 Å². The van der Waals surface area contributed by atoms with Crippen LogP contribution in [0.2, 0.25) is 0 Å². The Morgan fingerprint density at radius 2 is 2.37 bits per heavy atom. The number of morpholine rings is 1. The highest BCUT2D eigenvalue weighted by atomic mass is 16.5. The number of nitrogens with zero attached hydrogens (tertiary/aromatic N) is 2. The second-order valence-corrected chi connectivity index (χ2v) is 5.75. The van der Waals surface area contributed by atoms with Gasteiger partial charge < -0.3 is 15.0 Å². The Labute approximate surface area is 115 Å². The molecule has 106 valence electrons. The molecule has 1 aromatic rings. The Kier molecular flexibility index (Phi) is 3.91. The van der Waals surface area contributed by atoms with Crippen molar-refractivity contribution in [3.63, 3.8) is 0 Å². The van der Waals surface area contributed by atoms with Crippen molar-refractivity contribution >= 4 is 0 Å². The van der Waals surface area contributed by atoms with Crippen LogP contribution in [0, 0.1) is 0 Å². The Balaban J connectivity index is 1.70. The van der Waals surface area contributed by atoms with Gasteiger partial charge in [0.25, 0.3) is 0 Å². The van der Waals surface area contributed by atoms with Crippen LogP contribution < -0.4 is 5.73 Å². The molecule has 1 fully saturated rings. The molecule has 1 aliphatic carbocycles. The van der Waals surface area contributed by atoms with Gasteiger partial charge in [-0.3, -0.25) is 4.90 Å². The van der Waals surface area contributed by atoms with Crippen LogP contribution in [-0.2, 0) is 17.7 Å². The normalized spacial score (nSPS) is 28.3. The van der Waals surface area contributed by atoms with Crippen molar-refractivity contribution in [2.24, 2.45) is 5.73 Å². The lowest BCUT2D eigenvalue weighted by Crippen LogP contribution is -2.44. The van der Waals surface area contributed by atoms with E-state index in [0.717, 1.165) is 39.2 Å². The molecule has 2 unspecified atom stereocenters. The quantitative estimate of drug-likeness (QED) is 0.899. The first kappa shape index (κ1) is 13.2. The van der Waals surface area contributed by atoms with Gasteiger partial charge in [-0.2, -0.15) is 0 Å². The van der Waals surface area contributed by atoms with E-state index < -0.39 is 0 Å². The summed E-state index contributed by atoms with van der Waals surface area (Å²) in [5.41, 5.74) is 8.98. The van der Waals surface area contributed by atoms with Gasteiger partial charge in [-0.15, -0.1) is 0 Å². The molecule has 0 saturated carbocycles. The van der Waals surface area contributed by atoms with Gasteiger partial charge >= 0.3 is 0 Å². The first-order valence-electron chi connectivity index (χ1n) is 7.55. The molecule has 0 spiro atoms. The summed E-state index contributed by atoms with van der Waals surface area (Å²) in [4.78, 5) is 2.47. The lowest BCUT2D eigenvalue weighted by Gasteiger charge is -2.33. The van der Waals surface area contributed by atoms with E-state index in [1.165, 1.54) is 24.1 Å². The average molecular weight is 263 g/mol. The molecule has 3 rings (SSSR count). The van der Waals surface area contributed by atoms with Crippen LogP contribution in [0.5, 0.6) is 0 Å². The summed E-state index contributed by atoms with van der Waals surface area (Å²) in [5.74, 6) is 0. The topological polar surface area (TPSA) is 43.4 Å². The molecule has 4 nitrogen and oxygen atoms in total. The van der Waals surface area contributed by atoms with Crippen molar-refractivity contribution in [3.8, 4) is 0 Å². The van der Waals surface area contributed by atoms with Crippen LogP contribution in [0.3, 0.4) is 0 Å². The molecule has 0 aromatic carbocycles. The Bertz CT molecular complexity index is 429. The SMILES string of the molecule is CCN1CCOC(Cn2ccc3c2CCCC3N)C1. The van der Waals surface area contributed by atoms with Crippen molar-refractivity contribution in [1.82, 2.24) is 9.47 Å². The van der Waals surface area contributed by atoms with E-state index in [9.17, 15) is 0 Å². The van der Waals surface area contributed by atoms with E-state index in [-0.39, 0.29) is 6.04 Å². The van der Waals surface area contributed by atoms with E-state index in [1.807, 2.05) is 0 Å². The molecular weight excluding hydrogens is 238 g/mol. The van der Waals surface area contributed by atoms with Crippen molar-refractivity contribution < 1.29 is 4.74 Å².